The SMILES string of the molecule is N#CC(C(=O)NCc1ccco1)=c1sc(=Cc2ccc(-c3cccc(C(F)(F)F)c3)o2)c(=O)n1-c1ccccc1. The van der Waals surface area contributed by atoms with E-state index < -0.39 is 23.2 Å². The lowest BCUT2D eigenvalue weighted by molar-refractivity contribution is -0.137. The van der Waals surface area contributed by atoms with E-state index in [4.69, 9.17) is 8.83 Å². The van der Waals surface area contributed by atoms with E-state index in [1.54, 1.807) is 42.5 Å². The number of nitriles is 1. The Hall–Kier alpha value is -5.08. The fourth-order valence-corrected chi connectivity index (χ4v) is 4.97. The van der Waals surface area contributed by atoms with E-state index in [2.05, 4.69) is 5.32 Å². The lowest BCUT2D eigenvalue weighted by Crippen LogP contribution is -2.33. The largest absolute Gasteiger partial charge is 0.467 e. The number of alkyl halides is 3. The third-order valence-electron chi connectivity index (χ3n) is 5.77. The number of hydrogen-bond acceptors (Lipinski definition) is 6. The van der Waals surface area contributed by atoms with Crippen LogP contribution in [0.2, 0.25) is 0 Å². The van der Waals surface area contributed by atoms with Crippen molar-refractivity contribution in [2.24, 2.45) is 0 Å². The van der Waals surface area contributed by atoms with Crippen LogP contribution in [-0.4, -0.2) is 10.5 Å². The molecule has 11 heteroatoms. The van der Waals surface area contributed by atoms with Gasteiger partial charge in [-0.2, -0.15) is 18.4 Å². The number of aromatic nitrogens is 1. The first-order valence-corrected chi connectivity index (χ1v) is 12.6. The second-order valence-corrected chi connectivity index (χ2v) is 9.45. The molecule has 2 aromatic carbocycles. The first-order chi connectivity index (χ1) is 19.2. The topological polar surface area (TPSA) is 101 Å². The number of nitrogens with one attached hydrogen (secondary N) is 1. The summed E-state index contributed by atoms with van der Waals surface area (Å²) in [4.78, 5) is 26.5. The second kappa shape index (κ2) is 11.0. The third-order valence-corrected chi connectivity index (χ3v) is 6.86. The number of rotatable bonds is 6. The number of carbonyl (C=O) groups excluding carboxylic acids is 1. The average Bonchev–Trinajstić information content (AvgIpc) is 3.70. The van der Waals surface area contributed by atoms with Gasteiger partial charge in [0.1, 0.15) is 28.0 Å². The summed E-state index contributed by atoms with van der Waals surface area (Å²) >= 11 is 0.913. The maximum atomic E-state index is 13.5. The monoisotopic (exact) mass is 561 g/mol. The van der Waals surface area contributed by atoms with E-state index in [0.29, 0.717) is 11.4 Å². The zero-order valence-electron chi connectivity index (χ0n) is 20.4. The fourth-order valence-electron chi connectivity index (χ4n) is 3.89. The van der Waals surface area contributed by atoms with E-state index in [1.807, 2.05) is 6.07 Å². The van der Waals surface area contributed by atoms with Gasteiger partial charge in [0.2, 0.25) is 0 Å². The molecule has 0 fully saturated rings. The summed E-state index contributed by atoms with van der Waals surface area (Å²) in [5, 5.41) is 12.5. The van der Waals surface area contributed by atoms with Crippen LogP contribution in [0, 0.1) is 11.3 Å². The number of thiazole rings is 1. The molecule has 5 rings (SSSR count). The summed E-state index contributed by atoms with van der Waals surface area (Å²) in [6.07, 6.45) is -1.63. The molecular formula is C29H18F3N3O4S. The molecule has 0 aliphatic heterocycles. The molecule has 0 aliphatic rings. The smallest absolute Gasteiger partial charge is 0.416 e. The first-order valence-electron chi connectivity index (χ1n) is 11.8. The minimum Gasteiger partial charge on any atom is -0.467 e. The molecule has 0 radical (unpaired) electrons. The number of amides is 1. The number of hydrogen-bond donors (Lipinski definition) is 1. The normalized spacial score (nSPS) is 12.7. The number of furan rings is 2. The Morgan fingerprint density at radius 1 is 1.05 bits per heavy atom. The summed E-state index contributed by atoms with van der Waals surface area (Å²) in [7, 11) is 0. The lowest BCUT2D eigenvalue weighted by atomic mass is 10.1. The Balaban J connectivity index is 1.60. The molecule has 0 spiro atoms. The highest BCUT2D eigenvalue weighted by atomic mass is 32.1. The van der Waals surface area contributed by atoms with Crippen molar-refractivity contribution >= 4 is 28.9 Å². The van der Waals surface area contributed by atoms with Gasteiger partial charge in [-0.05, 0) is 48.5 Å². The number of para-hydroxylation sites is 1. The van der Waals surface area contributed by atoms with Crippen LogP contribution in [0.3, 0.4) is 0 Å². The quantitative estimate of drug-likeness (QED) is 0.327. The predicted octanol–water partition coefficient (Wildman–Crippen LogP) is 4.59. The van der Waals surface area contributed by atoms with Crippen molar-refractivity contribution in [2.45, 2.75) is 12.7 Å². The zero-order valence-corrected chi connectivity index (χ0v) is 21.3. The van der Waals surface area contributed by atoms with E-state index >= 15 is 0 Å². The van der Waals surface area contributed by atoms with Crippen LogP contribution in [0.25, 0.3) is 28.7 Å². The molecule has 0 atom stereocenters. The van der Waals surface area contributed by atoms with Crippen LogP contribution in [0.5, 0.6) is 0 Å². The molecule has 1 N–H and O–H groups in total. The van der Waals surface area contributed by atoms with Crippen molar-refractivity contribution in [3.05, 3.63) is 122 Å². The average molecular weight is 562 g/mol. The highest BCUT2D eigenvalue weighted by Crippen LogP contribution is 2.32. The van der Waals surface area contributed by atoms with Crippen molar-refractivity contribution < 1.29 is 26.8 Å². The van der Waals surface area contributed by atoms with E-state index in [0.717, 1.165) is 23.5 Å². The van der Waals surface area contributed by atoms with Gasteiger partial charge in [0.15, 0.2) is 5.57 Å². The molecule has 0 saturated carbocycles. The minimum absolute atomic E-state index is 0.0433. The van der Waals surface area contributed by atoms with Crippen molar-refractivity contribution in [1.82, 2.24) is 9.88 Å². The van der Waals surface area contributed by atoms with E-state index in [9.17, 15) is 28.0 Å². The van der Waals surface area contributed by atoms with Crippen molar-refractivity contribution in [3.63, 3.8) is 0 Å². The van der Waals surface area contributed by atoms with E-state index in [1.165, 1.54) is 41.2 Å². The number of benzene rings is 2. The molecule has 5 aromatic rings. The van der Waals surface area contributed by atoms with Gasteiger partial charge in [-0.1, -0.05) is 30.3 Å². The summed E-state index contributed by atoms with van der Waals surface area (Å²) in [5.41, 5.74) is -0.938. The van der Waals surface area contributed by atoms with Crippen molar-refractivity contribution in [2.75, 3.05) is 0 Å². The highest BCUT2D eigenvalue weighted by molar-refractivity contribution is 7.07. The Morgan fingerprint density at radius 3 is 2.55 bits per heavy atom. The number of carbonyl (C=O) groups is 1. The Bertz CT molecular complexity index is 1890. The van der Waals surface area contributed by atoms with Gasteiger partial charge in [0.25, 0.3) is 11.5 Å². The first kappa shape index (κ1) is 26.5. The van der Waals surface area contributed by atoms with E-state index in [-0.39, 0.29) is 38.4 Å². The van der Waals surface area contributed by atoms with Crippen LogP contribution in [0.4, 0.5) is 13.2 Å². The Labute approximate surface area is 228 Å². The second-order valence-electron chi connectivity index (χ2n) is 8.42. The standard InChI is InChI=1S/C29H18F3N3O4S/c30-29(31,32)19-7-4-6-18(14-19)24-12-11-21(39-24)15-25-27(37)35(20-8-2-1-3-9-20)28(40-25)23(16-33)26(36)34-17-22-10-5-13-38-22/h1-15H,17H2,(H,34,36). The molecule has 40 heavy (non-hydrogen) atoms. The van der Waals surface area contributed by atoms with Crippen molar-refractivity contribution in [1.29, 1.82) is 5.26 Å². The molecule has 0 saturated heterocycles. The molecule has 7 nitrogen and oxygen atoms in total. The maximum absolute atomic E-state index is 13.5. The van der Waals surface area contributed by atoms with Crippen LogP contribution < -0.4 is 20.1 Å². The van der Waals surface area contributed by atoms with Gasteiger partial charge >= 0.3 is 6.18 Å². The molecule has 0 unspecified atom stereocenters. The van der Waals surface area contributed by atoms with Gasteiger partial charge < -0.3 is 14.2 Å². The third kappa shape index (κ3) is 5.52. The van der Waals surface area contributed by atoms with Gasteiger partial charge in [0.05, 0.1) is 28.6 Å². The molecule has 3 aromatic heterocycles. The number of nitrogens with zero attached hydrogens (tertiary/aromatic N) is 2. The summed E-state index contributed by atoms with van der Waals surface area (Å²) in [6, 6.07) is 21.5. The summed E-state index contributed by atoms with van der Waals surface area (Å²) < 4.78 is 51.9. The van der Waals surface area contributed by atoms with Crippen molar-refractivity contribution in [3.8, 4) is 23.1 Å². The Kier molecular flexibility index (Phi) is 7.27. The predicted molar refractivity (Wildman–Crippen MR) is 141 cm³/mol. The minimum atomic E-state index is -4.51. The lowest BCUT2D eigenvalue weighted by Gasteiger charge is -2.07. The van der Waals surface area contributed by atoms with Gasteiger partial charge in [0, 0.05) is 11.6 Å². The zero-order chi connectivity index (χ0) is 28.3. The van der Waals surface area contributed by atoms with Crippen LogP contribution in [0.1, 0.15) is 17.1 Å². The number of halogens is 3. The van der Waals surface area contributed by atoms with Gasteiger partial charge in [-0.15, -0.1) is 11.3 Å². The highest BCUT2D eigenvalue weighted by Gasteiger charge is 2.30. The van der Waals surface area contributed by atoms with Crippen LogP contribution in [-0.2, 0) is 17.5 Å². The summed E-state index contributed by atoms with van der Waals surface area (Å²) in [6.45, 7) is 0.0433. The molecular weight excluding hydrogens is 543 g/mol. The van der Waals surface area contributed by atoms with Crippen LogP contribution in [0.15, 0.2) is 98.8 Å². The maximum Gasteiger partial charge on any atom is 0.416 e. The van der Waals surface area contributed by atoms with Crippen LogP contribution >= 0.6 is 11.3 Å². The van der Waals surface area contributed by atoms with Gasteiger partial charge in [-0.3, -0.25) is 14.2 Å². The fraction of sp³-hybridized carbons (Fsp3) is 0.0690. The molecule has 0 aliphatic carbocycles. The Morgan fingerprint density at radius 2 is 1.85 bits per heavy atom. The summed E-state index contributed by atoms with van der Waals surface area (Å²) in [5.74, 6) is 0.180. The molecule has 200 valence electrons. The van der Waals surface area contributed by atoms with Gasteiger partial charge in [-0.25, -0.2) is 0 Å². The molecule has 1 amide bonds. The molecule has 3 heterocycles. The molecule has 0 bridgehead atoms.